The molecule has 6 heteroatoms. The molecule has 0 aliphatic heterocycles. The lowest BCUT2D eigenvalue weighted by Crippen LogP contribution is -2.17. The van der Waals surface area contributed by atoms with Gasteiger partial charge in [0.05, 0.1) is 44.2 Å². The fourth-order valence-corrected chi connectivity index (χ4v) is 6.42. The van der Waals surface area contributed by atoms with Crippen LogP contribution in [0.3, 0.4) is 0 Å². The summed E-state index contributed by atoms with van der Waals surface area (Å²) in [4.78, 5) is 10.3. The molecule has 0 radical (unpaired) electrons. The Labute approximate surface area is 266 Å². The first kappa shape index (κ1) is 29.6. The van der Waals surface area contributed by atoms with Crippen LogP contribution in [-0.2, 0) is 13.1 Å². The van der Waals surface area contributed by atoms with Crippen LogP contribution in [0.4, 0.5) is 20.2 Å². The summed E-state index contributed by atoms with van der Waals surface area (Å²) in [5, 5.41) is 5.87. The molecule has 0 spiro atoms. The topological polar surface area (TPSA) is 34.6 Å². The summed E-state index contributed by atoms with van der Waals surface area (Å²) in [7, 11) is 0. The number of para-hydroxylation sites is 2. The van der Waals surface area contributed by atoms with Crippen LogP contribution < -0.4 is 10.7 Å². The number of rotatable bonds is 8. The molecule has 5 aromatic carbocycles. The van der Waals surface area contributed by atoms with Crippen LogP contribution in [0.25, 0.3) is 43.6 Å². The van der Waals surface area contributed by atoms with Crippen LogP contribution in [0.5, 0.6) is 0 Å². The summed E-state index contributed by atoms with van der Waals surface area (Å²) in [6, 6.07) is 34.1. The molecule has 7 rings (SSSR count). The van der Waals surface area contributed by atoms with Crippen LogP contribution >= 0.6 is 0 Å². The minimum atomic E-state index is -0.286. The van der Waals surface area contributed by atoms with Crippen molar-refractivity contribution in [3.63, 3.8) is 0 Å². The van der Waals surface area contributed by atoms with Gasteiger partial charge in [-0.15, -0.1) is 0 Å². The predicted octanol–water partition coefficient (Wildman–Crippen LogP) is 10.2. The van der Waals surface area contributed by atoms with Crippen LogP contribution in [0, 0.1) is 11.6 Å². The summed E-state index contributed by atoms with van der Waals surface area (Å²) < 4.78 is 32.6. The van der Waals surface area contributed by atoms with Crippen LogP contribution in [0.1, 0.15) is 39.5 Å². The number of pyridine rings is 2. The Hall–Kier alpha value is -5.10. The van der Waals surface area contributed by atoms with E-state index in [1.54, 1.807) is 24.3 Å². The maximum Gasteiger partial charge on any atom is 0.123 e. The van der Waals surface area contributed by atoms with E-state index >= 15 is 0 Å². The van der Waals surface area contributed by atoms with Gasteiger partial charge in [-0.2, -0.15) is 0 Å². The van der Waals surface area contributed by atoms with Gasteiger partial charge in [-0.1, -0.05) is 63.1 Å². The second kappa shape index (κ2) is 12.7. The van der Waals surface area contributed by atoms with Crippen molar-refractivity contribution in [1.29, 1.82) is 0 Å². The van der Waals surface area contributed by atoms with Gasteiger partial charge in [-0.25, -0.2) is 18.8 Å². The Balaban J connectivity index is 1.71. The molecule has 0 atom stereocenters. The zero-order valence-corrected chi connectivity index (χ0v) is 26.2. The zero-order chi connectivity index (χ0) is 31.6. The highest BCUT2D eigenvalue weighted by Gasteiger charge is 2.16. The summed E-state index contributed by atoms with van der Waals surface area (Å²) >= 11 is 0. The molecule has 2 aromatic heterocycles. The van der Waals surface area contributed by atoms with E-state index in [1.165, 1.54) is 24.3 Å². The molecule has 0 amide bonds. The van der Waals surface area contributed by atoms with Gasteiger partial charge in [0.1, 0.15) is 11.6 Å². The Kier molecular flexibility index (Phi) is 8.18. The van der Waals surface area contributed by atoms with Gasteiger partial charge >= 0.3 is 0 Å². The van der Waals surface area contributed by atoms with Gasteiger partial charge in [-0.3, -0.25) is 0 Å². The lowest BCUT2D eigenvalue weighted by atomic mass is 10.0. The fraction of sp³-hybridized carbons (Fsp3) is 0.200. The largest absolute Gasteiger partial charge is 0.340 e. The zero-order valence-electron chi connectivity index (χ0n) is 26.2. The molecule has 46 heavy (non-hydrogen) atoms. The molecule has 0 aliphatic carbocycles. The Morgan fingerprint density at radius 1 is 0.478 bits per heavy atom. The Morgan fingerprint density at radius 3 is 1.26 bits per heavy atom. The highest BCUT2D eigenvalue weighted by molar-refractivity contribution is 6.03. The number of unbranched alkanes of at least 4 members (excludes halogenated alkanes) is 2. The third-order valence-electron chi connectivity index (χ3n) is 8.71. The van der Waals surface area contributed by atoms with Crippen LogP contribution in [0.15, 0.2) is 119 Å². The number of hydrogen-bond donors (Lipinski definition) is 0. The van der Waals surface area contributed by atoms with Crippen molar-refractivity contribution in [3.8, 4) is 0 Å². The number of fused-ring (bicyclic) bond motifs is 4. The van der Waals surface area contributed by atoms with Crippen LogP contribution in [-0.4, -0.2) is 9.13 Å². The fourth-order valence-electron chi connectivity index (χ4n) is 6.42. The smallest absolute Gasteiger partial charge is 0.123 e. The molecular weight excluding hydrogens is 574 g/mol. The monoisotopic (exact) mass is 610 g/mol. The third-order valence-corrected chi connectivity index (χ3v) is 8.71. The molecule has 0 fully saturated rings. The van der Waals surface area contributed by atoms with E-state index in [1.807, 2.05) is 0 Å². The standard InChI is InChI=1S/C40H36F2N4/c1-3-5-23-45-35-13-9-7-11-31(35)39(43-29-19-15-27(41)16-20-29)33-26-38-34(25-37(33)45)40(44-30-21-17-28(42)18-22-30)32-12-8-10-14-36(32)46(38)24-6-4-2/h7-22,25-26H,3-6,23-24H2,1-2H3. The van der Waals surface area contributed by atoms with E-state index < -0.39 is 0 Å². The number of hydrogen-bond acceptors (Lipinski definition) is 2. The highest BCUT2D eigenvalue weighted by Crippen LogP contribution is 2.29. The average Bonchev–Trinajstić information content (AvgIpc) is 3.08. The van der Waals surface area contributed by atoms with E-state index in [9.17, 15) is 8.78 Å². The summed E-state index contributed by atoms with van der Waals surface area (Å²) in [5.41, 5.74) is 5.72. The molecule has 0 N–H and O–H groups in total. The SMILES string of the molecule is CCCCn1c2ccccc2c(=Nc2ccc(F)cc2)c2cc3c(cc21)c(=Nc1ccc(F)cc1)c1ccccc1n3CCCC. The number of aryl methyl sites for hydroxylation is 2. The number of aromatic nitrogens is 2. The molecule has 2 heterocycles. The average molecular weight is 611 g/mol. The van der Waals surface area contributed by atoms with Crippen molar-refractivity contribution >= 4 is 55.0 Å². The van der Waals surface area contributed by atoms with Crippen molar-refractivity contribution in [3.05, 3.63) is 132 Å². The van der Waals surface area contributed by atoms with E-state index in [-0.39, 0.29) is 11.6 Å². The van der Waals surface area contributed by atoms with E-state index in [4.69, 9.17) is 9.98 Å². The van der Waals surface area contributed by atoms with Gasteiger partial charge in [0.25, 0.3) is 0 Å². The highest BCUT2D eigenvalue weighted by atomic mass is 19.1. The van der Waals surface area contributed by atoms with Crippen molar-refractivity contribution < 1.29 is 8.78 Å². The summed E-state index contributed by atoms with van der Waals surface area (Å²) in [6.45, 7) is 6.12. The number of halogens is 2. The molecule has 7 aromatic rings. The molecule has 0 unspecified atom stereocenters. The summed E-state index contributed by atoms with van der Waals surface area (Å²) in [6.07, 6.45) is 4.17. The number of nitrogens with zero attached hydrogens (tertiary/aromatic N) is 4. The van der Waals surface area contributed by atoms with Crippen molar-refractivity contribution in [1.82, 2.24) is 9.13 Å². The van der Waals surface area contributed by atoms with Gasteiger partial charge in [0.2, 0.25) is 0 Å². The molecular formula is C40H36F2N4. The Bertz CT molecular complexity index is 2180. The second-order valence-electron chi connectivity index (χ2n) is 11.8. The molecule has 0 saturated carbocycles. The van der Waals surface area contributed by atoms with Crippen LogP contribution in [0.2, 0.25) is 0 Å². The summed E-state index contributed by atoms with van der Waals surface area (Å²) in [5.74, 6) is -0.571. The maximum atomic E-state index is 13.9. The van der Waals surface area contributed by atoms with Gasteiger partial charge in [0, 0.05) is 34.6 Å². The third kappa shape index (κ3) is 5.49. The Morgan fingerprint density at radius 2 is 0.870 bits per heavy atom. The molecule has 230 valence electrons. The molecule has 4 nitrogen and oxygen atoms in total. The van der Waals surface area contributed by atoms with E-state index in [2.05, 4.69) is 83.6 Å². The van der Waals surface area contributed by atoms with Crippen molar-refractivity contribution in [2.75, 3.05) is 0 Å². The lowest BCUT2D eigenvalue weighted by molar-refractivity contribution is 0.627. The number of benzene rings is 5. The van der Waals surface area contributed by atoms with Crippen molar-refractivity contribution in [2.24, 2.45) is 9.98 Å². The van der Waals surface area contributed by atoms with Gasteiger partial charge in [0.15, 0.2) is 0 Å². The minimum absolute atomic E-state index is 0.286. The molecule has 0 aliphatic rings. The lowest BCUT2D eigenvalue weighted by Gasteiger charge is -2.20. The first-order valence-electron chi connectivity index (χ1n) is 16.2. The first-order chi connectivity index (χ1) is 22.6. The van der Waals surface area contributed by atoms with Crippen molar-refractivity contribution in [2.45, 2.75) is 52.6 Å². The predicted molar refractivity (Wildman–Crippen MR) is 186 cm³/mol. The van der Waals surface area contributed by atoms with E-state index in [0.29, 0.717) is 11.4 Å². The minimum Gasteiger partial charge on any atom is -0.340 e. The van der Waals surface area contributed by atoms with E-state index in [0.717, 1.165) is 93.1 Å². The maximum absolute atomic E-state index is 13.9. The first-order valence-corrected chi connectivity index (χ1v) is 16.2. The quantitative estimate of drug-likeness (QED) is 0.154. The van der Waals surface area contributed by atoms with Gasteiger partial charge in [-0.05, 0) is 85.6 Å². The van der Waals surface area contributed by atoms with Gasteiger partial charge < -0.3 is 9.13 Å². The normalized spacial score (nSPS) is 12.7. The second-order valence-corrected chi connectivity index (χ2v) is 11.8. The molecule has 0 bridgehead atoms. The molecule has 0 saturated heterocycles.